The predicted molar refractivity (Wildman–Crippen MR) is 91.7 cm³/mol. The van der Waals surface area contributed by atoms with E-state index in [4.69, 9.17) is 0 Å². The zero-order chi connectivity index (χ0) is 21.1. The van der Waals surface area contributed by atoms with Crippen LogP contribution in [0.25, 0.3) is 0 Å². The first kappa shape index (κ1) is 20.7. The van der Waals surface area contributed by atoms with Crippen LogP contribution in [0, 0.1) is 10.1 Å². The van der Waals surface area contributed by atoms with E-state index < -0.39 is 34.2 Å². The molecule has 148 valence electrons. The van der Waals surface area contributed by atoms with Gasteiger partial charge in [0.1, 0.15) is 0 Å². The van der Waals surface area contributed by atoms with Crippen LogP contribution < -0.4 is 10.6 Å². The van der Waals surface area contributed by atoms with Gasteiger partial charge in [-0.25, -0.2) is 9.59 Å². The molecule has 2 aromatic carbocycles. The number of carbonyl (C=O) groups excluding carboxylic acids is 1. The maximum atomic E-state index is 12.7. The van der Waals surface area contributed by atoms with Gasteiger partial charge in [-0.2, -0.15) is 13.2 Å². The number of hydrogen-bond donors (Lipinski definition) is 3. The van der Waals surface area contributed by atoms with E-state index in [-0.39, 0.29) is 16.9 Å². The summed E-state index contributed by atoms with van der Waals surface area (Å²) in [5.74, 6) is -1.47. The van der Waals surface area contributed by atoms with Crippen molar-refractivity contribution in [2.45, 2.75) is 18.6 Å². The summed E-state index contributed by atoms with van der Waals surface area (Å²) in [5.41, 5.74) is -3.40. The summed E-state index contributed by atoms with van der Waals surface area (Å²) in [6, 6.07) is 7.22. The molecule has 1 atom stereocenters. The number of carboxylic acids is 1. The fourth-order valence-electron chi connectivity index (χ4n) is 2.33. The van der Waals surface area contributed by atoms with Crippen LogP contribution in [0.15, 0.2) is 48.5 Å². The van der Waals surface area contributed by atoms with Crippen molar-refractivity contribution in [3.8, 4) is 0 Å². The number of benzene rings is 2. The second kappa shape index (κ2) is 7.55. The number of aliphatic carboxylic acids is 1. The third-order valence-electron chi connectivity index (χ3n) is 3.89. The molecule has 0 fully saturated rings. The van der Waals surface area contributed by atoms with E-state index in [0.29, 0.717) is 6.07 Å². The minimum absolute atomic E-state index is 0.0322. The highest BCUT2D eigenvalue weighted by atomic mass is 19.4. The lowest BCUT2D eigenvalue weighted by Gasteiger charge is -2.27. The molecule has 2 aromatic rings. The number of nitro groups is 1. The Hall–Kier alpha value is -3.63. The molecule has 0 aliphatic carbocycles. The smallest absolute Gasteiger partial charge is 0.416 e. The van der Waals surface area contributed by atoms with Crippen molar-refractivity contribution in [2.24, 2.45) is 0 Å². The van der Waals surface area contributed by atoms with Gasteiger partial charge in [0.25, 0.3) is 5.69 Å². The molecule has 0 aliphatic rings. The number of halogens is 3. The van der Waals surface area contributed by atoms with Gasteiger partial charge in [-0.05, 0) is 42.8 Å². The van der Waals surface area contributed by atoms with E-state index in [9.17, 15) is 38.0 Å². The lowest BCUT2D eigenvalue weighted by Crippen LogP contribution is -2.51. The van der Waals surface area contributed by atoms with Crippen LogP contribution in [-0.2, 0) is 16.5 Å². The molecule has 11 heteroatoms. The van der Waals surface area contributed by atoms with E-state index in [1.54, 1.807) is 0 Å². The average Bonchev–Trinajstić information content (AvgIpc) is 2.61. The monoisotopic (exact) mass is 397 g/mol. The number of carboxylic acid groups (broad SMARTS) is 1. The predicted octanol–water partition coefficient (Wildman–Crippen LogP) is 3.74. The van der Waals surface area contributed by atoms with Crippen LogP contribution in [0.3, 0.4) is 0 Å². The molecule has 2 amide bonds. The molecule has 0 heterocycles. The molecule has 0 bridgehead atoms. The quantitative estimate of drug-likeness (QED) is 0.524. The number of hydrogen-bond acceptors (Lipinski definition) is 4. The highest BCUT2D eigenvalue weighted by Gasteiger charge is 2.37. The molecule has 3 N–H and O–H groups in total. The van der Waals surface area contributed by atoms with Crippen molar-refractivity contribution in [3.63, 3.8) is 0 Å². The van der Waals surface area contributed by atoms with Crippen LogP contribution in [0.1, 0.15) is 18.1 Å². The molecule has 0 radical (unpaired) electrons. The summed E-state index contributed by atoms with van der Waals surface area (Å²) < 4.78 is 38.2. The Bertz CT molecular complexity index is 915. The normalized spacial score (nSPS) is 13.3. The van der Waals surface area contributed by atoms with Gasteiger partial charge in [-0.3, -0.25) is 10.1 Å². The van der Waals surface area contributed by atoms with Crippen molar-refractivity contribution in [2.75, 3.05) is 5.32 Å². The second-order valence-electron chi connectivity index (χ2n) is 5.89. The van der Waals surface area contributed by atoms with Gasteiger partial charge >= 0.3 is 18.2 Å². The second-order valence-corrected chi connectivity index (χ2v) is 5.89. The zero-order valence-corrected chi connectivity index (χ0v) is 14.3. The SMILES string of the molecule is CC(NC(=O)Nc1cccc(C(F)(F)F)c1)(C(=O)O)c1ccc([N+](=O)[O-])cc1. The van der Waals surface area contributed by atoms with Crippen LogP contribution in [0.5, 0.6) is 0 Å². The number of nitrogens with zero attached hydrogens (tertiary/aromatic N) is 1. The molecular weight excluding hydrogens is 383 g/mol. The van der Waals surface area contributed by atoms with Crippen LogP contribution in [0.4, 0.5) is 29.3 Å². The van der Waals surface area contributed by atoms with E-state index >= 15 is 0 Å². The average molecular weight is 397 g/mol. The third-order valence-corrected chi connectivity index (χ3v) is 3.89. The summed E-state index contributed by atoms with van der Waals surface area (Å²) in [5, 5.41) is 24.5. The van der Waals surface area contributed by atoms with Gasteiger partial charge in [-0.15, -0.1) is 0 Å². The molecule has 8 nitrogen and oxygen atoms in total. The van der Waals surface area contributed by atoms with Gasteiger partial charge in [0.2, 0.25) is 0 Å². The first-order valence-corrected chi connectivity index (χ1v) is 7.68. The highest BCUT2D eigenvalue weighted by molar-refractivity contribution is 5.94. The highest BCUT2D eigenvalue weighted by Crippen LogP contribution is 2.31. The number of nitrogens with one attached hydrogen (secondary N) is 2. The minimum Gasteiger partial charge on any atom is -0.479 e. The number of carbonyl (C=O) groups is 2. The number of nitro benzene ring substituents is 1. The van der Waals surface area contributed by atoms with Gasteiger partial charge in [0.15, 0.2) is 5.54 Å². The van der Waals surface area contributed by atoms with Crippen molar-refractivity contribution < 1.29 is 32.8 Å². The maximum absolute atomic E-state index is 12.7. The van der Waals surface area contributed by atoms with E-state index in [2.05, 4.69) is 10.6 Å². The van der Waals surface area contributed by atoms with Gasteiger partial charge in [-0.1, -0.05) is 6.07 Å². The van der Waals surface area contributed by atoms with Crippen LogP contribution >= 0.6 is 0 Å². The number of alkyl halides is 3. The van der Waals surface area contributed by atoms with Crippen molar-refractivity contribution in [1.29, 1.82) is 0 Å². The summed E-state index contributed by atoms with van der Waals surface area (Å²) in [7, 11) is 0. The zero-order valence-electron chi connectivity index (χ0n) is 14.3. The van der Waals surface area contributed by atoms with Crippen LogP contribution in [-0.4, -0.2) is 22.0 Å². The molecule has 0 spiro atoms. The largest absolute Gasteiger partial charge is 0.479 e. The van der Waals surface area contributed by atoms with E-state index in [1.165, 1.54) is 6.07 Å². The van der Waals surface area contributed by atoms with E-state index in [0.717, 1.165) is 43.3 Å². The molecule has 0 saturated heterocycles. The van der Waals surface area contributed by atoms with Crippen LogP contribution in [0.2, 0.25) is 0 Å². The minimum atomic E-state index is -4.61. The number of urea groups is 1. The Morgan fingerprint density at radius 2 is 1.68 bits per heavy atom. The summed E-state index contributed by atoms with van der Waals surface area (Å²) >= 11 is 0. The molecule has 0 saturated carbocycles. The summed E-state index contributed by atoms with van der Waals surface area (Å²) in [4.78, 5) is 33.9. The van der Waals surface area contributed by atoms with Crippen molar-refractivity contribution in [3.05, 3.63) is 69.8 Å². The fourth-order valence-corrected chi connectivity index (χ4v) is 2.33. The first-order chi connectivity index (χ1) is 12.9. The molecule has 28 heavy (non-hydrogen) atoms. The number of amides is 2. The molecule has 0 aliphatic heterocycles. The van der Waals surface area contributed by atoms with E-state index in [1.807, 2.05) is 0 Å². The lowest BCUT2D eigenvalue weighted by molar-refractivity contribution is -0.384. The molecular formula is C17H14F3N3O5. The topological polar surface area (TPSA) is 122 Å². The number of non-ortho nitro benzene ring substituents is 1. The Labute approximate surface area is 156 Å². The van der Waals surface area contributed by atoms with Gasteiger partial charge in [0.05, 0.1) is 10.5 Å². The summed E-state index contributed by atoms with van der Waals surface area (Å²) in [6.45, 7) is 1.14. The Balaban J connectivity index is 2.23. The number of rotatable bonds is 5. The molecule has 0 aromatic heterocycles. The lowest BCUT2D eigenvalue weighted by atomic mass is 9.92. The molecule has 1 unspecified atom stereocenters. The Kier molecular flexibility index (Phi) is 5.57. The van der Waals surface area contributed by atoms with Crippen molar-refractivity contribution >= 4 is 23.4 Å². The van der Waals surface area contributed by atoms with Gasteiger partial charge in [0, 0.05) is 17.8 Å². The van der Waals surface area contributed by atoms with Crippen molar-refractivity contribution in [1.82, 2.24) is 5.32 Å². The Morgan fingerprint density at radius 1 is 1.07 bits per heavy atom. The Morgan fingerprint density at radius 3 is 2.18 bits per heavy atom. The third kappa shape index (κ3) is 4.55. The summed E-state index contributed by atoms with van der Waals surface area (Å²) in [6.07, 6.45) is -4.61. The standard InChI is InChI=1S/C17H14F3N3O5/c1-16(14(24)25,10-5-7-13(8-6-10)23(27)28)22-15(26)21-12-4-2-3-11(9-12)17(18,19)20/h2-9H,1H3,(H,24,25)(H2,21,22,26). The molecule has 2 rings (SSSR count). The first-order valence-electron chi connectivity index (χ1n) is 7.68. The fraction of sp³-hybridized carbons (Fsp3) is 0.176. The number of anilines is 1. The maximum Gasteiger partial charge on any atom is 0.416 e. The van der Waals surface area contributed by atoms with Gasteiger partial charge < -0.3 is 15.7 Å².